The van der Waals surface area contributed by atoms with Gasteiger partial charge in [-0.25, -0.2) is 0 Å². The molecule has 0 atom stereocenters. The number of hydrogen-bond acceptors (Lipinski definition) is 4. The van der Waals surface area contributed by atoms with Crippen molar-refractivity contribution in [2.75, 3.05) is 9.71 Å². The second kappa shape index (κ2) is 13.4. The Bertz CT molecular complexity index is 3650. The molecule has 8 aromatic carbocycles. The first-order chi connectivity index (χ1) is 31.8. The Kier molecular flexibility index (Phi) is 7.96. The van der Waals surface area contributed by atoms with Crippen molar-refractivity contribution in [3.8, 4) is 33.4 Å². The molecule has 4 nitrogen and oxygen atoms in total. The van der Waals surface area contributed by atoms with Crippen molar-refractivity contribution in [3.05, 3.63) is 186 Å². The Morgan fingerprint density at radius 1 is 0.470 bits per heavy atom. The first kappa shape index (κ1) is 39.2. The molecule has 0 radical (unpaired) electrons. The van der Waals surface area contributed by atoms with Gasteiger partial charge in [-0.1, -0.05) is 165 Å². The van der Waals surface area contributed by atoms with Gasteiger partial charge < -0.3 is 13.6 Å². The van der Waals surface area contributed by atoms with Gasteiger partial charge in [-0.15, -0.1) is 0 Å². The fraction of sp³-hybridized carbons (Fsp3) is 0.180. The molecule has 0 fully saturated rings. The first-order valence-electron chi connectivity index (χ1n) is 23.5. The minimum atomic E-state index is -0.269. The number of fused-ring (bicyclic) bond motifs is 13. The van der Waals surface area contributed by atoms with E-state index in [1.54, 1.807) is 0 Å². The van der Waals surface area contributed by atoms with E-state index in [0.29, 0.717) is 0 Å². The lowest BCUT2D eigenvalue weighted by Gasteiger charge is -2.44. The van der Waals surface area contributed by atoms with Crippen LogP contribution in [0, 0.1) is 0 Å². The molecule has 3 aliphatic rings. The zero-order valence-electron chi connectivity index (χ0n) is 38.9. The zero-order valence-corrected chi connectivity index (χ0v) is 38.9. The monoisotopic (exact) mass is 854 g/mol. The molecule has 0 saturated carbocycles. The summed E-state index contributed by atoms with van der Waals surface area (Å²) in [5.74, 6) is 0.807. The zero-order chi connectivity index (χ0) is 45.0. The largest absolute Gasteiger partial charge is 0.454 e. The fourth-order valence-electron chi connectivity index (χ4n) is 11.5. The van der Waals surface area contributed by atoms with Crippen LogP contribution in [-0.4, -0.2) is 6.85 Å². The summed E-state index contributed by atoms with van der Waals surface area (Å²) in [6.45, 7) is 18.3. The van der Waals surface area contributed by atoms with Crippen molar-refractivity contribution in [2.24, 2.45) is 0 Å². The SMILES string of the molecule is CC(C)(C)c1ccc(N2B3c4c(cc5c(oc6ccccc65)c4N(c4ccc(C(C)(C)C)cc4-c4ccccc4)c4oc5ccccc5c43)-c3cc4c(cc32)C(C)(C)c2ccccc2-4)cc1. The maximum atomic E-state index is 7.36. The molecule has 0 bridgehead atoms. The quantitative estimate of drug-likeness (QED) is 0.166. The molecule has 5 heteroatoms. The molecule has 0 amide bonds. The third-order valence-electron chi connectivity index (χ3n) is 15.0. The second-order valence-corrected chi connectivity index (χ2v) is 21.3. The molecule has 66 heavy (non-hydrogen) atoms. The lowest BCUT2D eigenvalue weighted by Crippen LogP contribution is -2.61. The average molecular weight is 855 g/mol. The number of anilines is 5. The highest BCUT2D eigenvalue weighted by Gasteiger charge is 2.51. The average Bonchev–Trinajstić information content (AvgIpc) is 3.96. The number of rotatable bonds is 3. The summed E-state index contributed by atoms with van der Waals surface area (Å²) in [5.41, 5.74) is 21.6. The highest BCUT2D eigenvalue weighted by Crippen LogP contribution is 2.57. The molecule has 4 heterocycles. The summed E-state index contributed by atoms with van der Waals surface area (Å²) in [7, 11) is 0. The summed E-state index contributed by atoms with van der Waals surface area (Å²) in [6, 6.07) is 60.8. The van der Waals surface area contributed by atoms with Gasteiger partial charge in [0.2, 0.25) is 5.88 Å². The van der Waals surface area contributed by atoms with E-state index < -0.39 is 0 Å². The molecule has 0 unspecified atom stereocenters. The van der Waals surface area contributed by atoms with Gasteiger partial charge in [0.15, 0.2) is 5.58 Å². The van der Waals surface area contributed by atoms with Gasteiger partial charge in [-0.05, 0) is 115 Å². The molecular weight excluding hydrogens is 803 g/mol. The van der Waals surface area contributed by atoms with Gasteiger partial charge in [0.1, 0.15) is 11.2 Å². The van der Waals surface area contributed by atoms with Crippen molar-refractivity contribution < 1.29 is 8.83 Å². The van der Waals surface area contributed by atoms with Crippen LogP contribution in [0.2, 0.25) is 0 Å². The smallest absolute Gasteiger partial charge is 0.337 e. The van der Waals surface area contributed by atoms with Crippen LogP contribution in [0.3, 0.4) is 0 Å². The van der Waals surface area contributed by atoms with Gasteiger partial charge in [-0.3, -0.25) is 4.90 Å². The van der Waals surface area contributed by atoms with Crippen LogP contribution in [0.4, 0.5) is 28.6 Å². The summed E-state index contributed by atoms with van der Waals surface area (Å²) in [5, 5.41) is 3.29. The summed E-state index contributed by atoms with van der Waals surface area (Å²) in [6.07, 6.45) is 0. The van der Waals surface area contributed by atoms with Gasteiger partial charge >= 0.3 is 6.85 Å². The van der Waals surface area contributed by atoms with Crippen molar-refractivity contribution in [1.82, 2.24) is 0 Å². The van der Waals surface area contributed by atoms with Crippen molar-refractivity contribution in [3.63, 3.8) is 0 Å². The number of nitrogens with zero attached hydrogens (tertiary/aromatic N) is 2. The Morgan fingerprint density at radius 2 is 1.12 bits per heavy atom. The minimum Gasteiger partial charge on any atom is -0.454 e. The van der Waals surface area contributed by atoms with Gasteiger partial charge in [0, 0.05) is 49.5 Å². The number of hydrogen-bond donors (Lipinski definition) is 0. The third-order valence-corrected chi connectivity index (χ3v) is 15.0. The summed E-state index contributed by atoms with van der Waals surface area (Å²) < 4.78 is 14.6. The van der Waals surface area contributed by atoms with Crippen LogP contribution in [0.15, 0.2) is 173 Å². The number of furan rings is 2. The maximum absolute atomic E-state index is 7.36. The molecule has 0 N–H and O–H groups in total. The number of para-hydroxylation sites is 2. The third kappa shape index (κ3) is 5.40. The molecule has 2 aromatic heterocycles. The van der Waals surface area contributed by atoms with Crippen LogP contribution in [0.25, 0.3) is 66.3 Å². The molecule has 0 saturated heterocycles. The van der Waals surface area contributed by atoms with Crippen LogP contribution in [0.5, 0.6) is 0 Å². The number of benzene rings is 8. The van der Waals surface area contributed by atoms with E-state index in [1.807, 2.05) is 0 Å². The van der Waals surface area contributed by atoms with Crippen molar-refractivity contribution in [2.45, 2.75) is 71.6 Å². The van der Waals surface area contributed by atoms with Gasteiger partial charge in [0.05, 0.1) is 11.4 Å². The van der Waals surface area contributed by atoms with E-state index in [-0.39, 0.29) is 23.1 Å². The maximum Gasteiger partial charge on any atom is 0.337 e. The highest BCUT2D eigenvalue weighted by molar-refractivity contribution is 6.95. The van der Waals surface area contributed by atoms with E-state index in [4.69, 9.17) is 8.83 Å². The molecular formula is C61H51BN2O2. The van der Waals surface area contributed by atoms with Crippen LogP contribution < -0.4 is 20.6 Å². The van der Waals surface area contributed by atoms with Gasteiger partial charge in [-0.2, -0.15) is 0 Å². The lowest BCUT2D eigenvalue weighted by atomic mass is 9.43. The minimum absolute atomic E-state index is 0.000103. The van der Waals surface area contributed by atoms with Crippen LogP contribution in [0.1, 0.15) is 77.6 Å². The Balaban J connectivity index is 1.22. The molecule has 2 aliphatic heterocycles. The first-order valence-corrected chi connectivity index (χ1v) is 23.5. The van der Waals surface area contributed by atoms with E-state index in [2.05, 4.69) is 229 Å². The topological polar surface area (TPSA) is 32.8 Å². The fourth-order valence-corrected chi connectivity index (χ4v) is 11.5. The predicted molar refractivity (Wildman–Crippen MR) is 278 cm³/mol. The van der Waals surface area contributed by atoms with Crippen molar-refractivity contribution >= 4 is 79.3 Å². The predicted octanol–water partition coefficient (Wildman–Crippen LogP) is 15.6. The second-order valence-electron chi connectivity index (χ2n) is 21.3. The molecule has 0 spiro atoms. The molecule has 13 rings (SSSR count). The standard InChI is InChI=1S/C61H51BN2O2/c1-59(2,3)37-26-29-39(30-27-37)64-51-35-49-44(40-20-12-15-23-48(40)61(49,7)8)33-45(51)46-34-47-41-21-13-16-24-52(41)65-57(47)56-54(46)62(64)55-42-22-14-17-25-53(42)66-58(55)63(56)50-31-28-38(60(4,5)6)32-43(50)36-18-10-9-11-19-36/h9-35H,1-8H3. The molecule has 320 valence electrons. The van der Waals surface area contributed by atoms with E-state index in [0.717, 1.165) is 72.4 Å². The highest BCUT2D eigenvalue weighted by atomic mass is 16.4. The van der Waals surface area contributed by atoms with Crippen LogP contribution in [-0.2, 0) is 16.2 Å². The molecule has 1 aliphatic carbocycles. The van der Waals surface area contributed by atoms with E-state index >= 15 is 0 Å². The lowest BCUT2D eigenvalue weighted by molar-refractivity contribution is 0.590. The Morgan fingerprint density at radius 3 is 1.86 bits per heavy atom. The van der Waals surface area contributed by atoms with E-state index in [9.17, 15) is 0 Å². The van der Waals surface area contributed by atoms with Gasteiger partial charge in [0.25, 0.3) is 0 Å². The Labute approximate surface area is 387 Å². The normalized spacial score (nSPS) is 14.7. The van der Waals surface area contributed by atoms with Crippen LogP contribution >= 0.6 is 0 Å². The van der Waals surface area contributed by atoms with Crippen molar-refractivity contribution in [1.29, 1.82) is 0 Å². The molecule has 10 aromatic rings. The Hall–Kier alpha value is -7.24. The van der Waals surface area contributed by atoms with E-state index in [1.165, 1.54) is 55.7 Å². The summed E-state index contributed by atoms with van der Waals surface area (Å²) in [4.78, 5) is 5.04. The summed E-state index contributed by atoms with van der Waals surface area (Å²) >= 11 is 0.